The maximum atomic E-state index is 13.6. The van der Waals surface area contributed by atoms with Gasteiger partial charge in [0.2, 0.25) is 0 Å². The number of nitrogens with zero attached hydrogens (tertiary/aromatic N) is 2. The predicted octanol–water partition coefficient (Wildman–Crippen LogP) is 2.44. The molecule has 1 aliphatic heterocycles. The zero-order valence-electron chi connectivity index (χ0n) is 10.1. The van der Waals surface area contributed by atoms with Gasteiger partial charge in [0.15, 0.2) is 0 Å². The second kappa shape index (κ2) is 5.02. The Balaban J connectivity index is 2.46. The average molecular weight is 324 g/mol. The van der Waals surface area contributed by atoms with Crippen LogP contribution in [0.1, 0.15) is 18.5 Å². The van der Waals surface area contributed by atoms with Crippen molar-refractivity contribution in [3.8, 4) is 12.3 Å². The number of hydrogen-bond donors (Lipinski definition) is 1. The number of amides is 2. The number of terminal acetylenes is 1. The molecule has 1 aliphatic rings. The fourth-order valence-corrected chi connectivity index (χ4v) is 2.21. The van der Waals surface area contributed by atoms with Gasteiger partial charge in [-0.2, -0.15) is 4.99 Å². The summed E-state index contributed by atoms with van der Waals surface area (Å²) in [5, 5.41) is 0. The molecule has 0 radical (unpaired) electrons. The van der Waals surface area contributed by atoms with Crippen LogP contribution < -0.4 is 5.73 Å². The molecule has 0 bridgehead atoms. The first kappa shape index (κ1) is 13.6. The normalized spacial score (nSPS) is 20.1. The van der Waals surface area contributed by atoms with Crippen LogP contribution in [0.4, 0.5) is 9.18 Å². The van der Waals surface area contributed by atoms with Crippen molar-refractivity contribution in [3.63, 3.8) is 0 Å². The smallest absolute Gasteiger partial charge is 0.347 e. The molecular weight excluding hydrogens is 313 g/mol. The molecule has 2 N–H and O–H groups in total. The summed E-state index contributed by atoms with van der Waals surface area (Å²) < 4.78 is 13.9. The molecule has 4 nitrogen and oxygen atoms in total. The van der Waals surface area contributed by atoms with Gasteiger partial charge in [0.05, 0.1) is 10.5 Å². The maximum absolute atomic E-state index is 13.6. The van der Waals surface area contributed by atoms with Gasteiger partial charge in [-0.3, -0.25) is 4.90 Å². The van der Waals surface area contributed by atoms with Crippen molar-refractivity contribution >= 4 is 27.8 Å². The minimum absolute atomic E-state index is 0.119. The van der Waals surface area contributed by atoms with Crippen LogP contribution in [0, 0.1) is 18.2 Å². The van der Waals surface area contributed by atoms with E-state index in [9.17, 15) is 9.18 Å². The molecule has 1 aromatic carbocycles. The van der Waals surface area contributed by atoms with Crippen molar-refractivity contribution in [2.45, 2.75) is 19.0 Å². The number of rotatable bonds is 2. The highest BCUT2D eigenvalue weighted by atomic mass is 79.9. The Morgan fingerprint density at radius 2 is 2.32 bits per heavy atom. The SMILES string of the molecule is C#CC(C)N1C(=O)N=C(N)C1c1ccc(Br)c(F)c1. The first-order valence-electron chi connectivity index (χ1n) is 5.53. The Morgan fingerprint density at radius 1 is 1.63 bits per heavy atom. The number of aliphatic imine (C=N–C) groups is 1. The molecule has 0 saturated heterocycles. The third-order valence-electron chi connectivity index (χ3n) is 2.92. The van der Waals surface area contributed by atoms with Crippen LogP contribution in [0.15, 0.2) is 27.7 Å². The monoisotopic (exact) mass is 323 g/mol. The summed E-state index contributed by atoms with van der Waals surface area (Å²) in [6.45, 7) is 1.69. The van der Waals surface area contributed by atoms with Crippen LogP contribution in [0.2, 0.25) is 0 Å². The van der Waals surface area contributed by atoms with Crippen LogP contribution >= 0.6 is 15.9 Å². The Hall–Kier alpha value is -1.87. The molecule has 6 heteroatoms. The lowest BCUT2D eigenvalue weighted by molar-refractivity contribution is 0.199. The number of nitrogens with two attached hydrogens (primary N) is 1. The first-order valence-corrected chi connectivity index (χ1v) is 6.32. The molecule has 0 fully saturated rings. The summed E-state index contributed by atoms with van der Waals surface area (Å²) in [5.41, 5.74) is 6.29. The van der Waals surface area contributed by atoms with Gasteiger partial charge in [0, 0.05) is 0 Å². The van der Waals surface area contributed by atoms with Gasteiger partial charge in [0.25, 0.3) is 0 Å². The van der Waals surface area contributed by atoms with Gasteiger partial charge in [-0.25, -0.2) is 9.18 Å². The lowest BCUT2D eigenvalue weighted by atomic mass is 10.0. The molecule has 2 amide bonds. The zero-order chi connectivity index (χ0) is 14.2. The lowest BCUT2D eigenvalue weighted by Crippen LogP contribution is -2.39. The van der Waals surface area contributed by atoms with Crippen molar-refractivity contribution in [1.29, 1.82) is 0 Å². The van der Waals surface area contributed by atoms with E-state index in [1.165, 1.54) is 11.0 Å². The molecule has 2 rings (SSSR count). The maximum Gasteiger partial charge on any atom is 0.347 e. The third-order valence-corrected chi connectivity index (χ3v) is 3.56. The molecule has 0 aromatic heterocycles. The molecule has 19 heavy (non-hydrogen) atoms. The highest BCUT2D eigenvalue weighted by Gasteiger charge is 2.37. The van der Waals surface area contributed by atoms with Crippen molar-refractivity contribution in [1.82, 2.24) is 4.90 Å². The molecule has 0 saturated carbocycles. The van der Waals surface area contributed by atoms with E-state index in [-0.39, 0.29) is 5.84 Å². The van der Waals surface area contributed by atoms with Crippen LogP contribution in [0.5, 0.6) is 0 Å². The van der Waals surface area contributed by atoms with Crippen LogP contribution in [0.3, 0.4) is 0 Å². The Morgan fingerprint density at radius 3 is 2.89 bits per heavy atom. The summed E-state index contributed by atoms with van der Waals surface area (Å²) >= 11 is 3.07. The third kappa shape index (κ3) is 2.34. The van der Waals surface area contributed by atoms with Gasteiger partial charge in [-0.05, 0) is 40.5 Å². The van der Waals surface area contributed by atoms with E-state index in [2.05, 4.69) is 26.8 Å². The van der Waals surface area contributed by atoms with Gasteiger partial charge < -0.3 is 5.73 Å². The summed E-state index contributed by atoms with van der Waals surface area (Å²) in [7, 11) is 0. The van der Waals surface area contributed by atoms with E-state index < -0.39 is 23.9 Å². The van der Waals surface area contributed by atoms with E-state index in [0.717, 1.165) is 0 Å². The molecule has 2 atom stereocenters. The number of urea groups is 1. The standard InChI is InChI=1S/C13H11BrFN3O/c1-3-7(2)18-11(12(16)17-13(18)19)8-4-5-9(14)10(15)6-8/h1,4-7,11H,2H3,(H2,16,17,19). The van der Waals surface area contributed by atoms with Crippen LogP contribution in [-0.2, 0) is 0 Å². The van der Waals surface area contributed by atoms with E-state index in [1.807, 2.05) is 0 Å². The summed E-state index contributed by atoms with van der Waals surface area (Å²) in [5.74, 6) is 2.14. The zero-order valence-corrected chi connectivity index (χ0v) is 11.7. The fraction of sp³-hybridized carbons (Fsp3) is 0.231. The largest absolute Gasteiger partial charge is 0.385 e. The van der Waals surface area contributed by atoms with Gasteiger partial charge >= 0.3 is 6.03 Å². The minimum Gasteiger partial charge on any atom is -0.385 e. The second-order valence-electron chi connectivity index (χ2n) is 4.15. The Bertz CT molecular complexity index is 608. The number of benzene rings is 1. The molecule has 1 heterocycles. The highest BCUT2D eigenvalue weighted by molar-refractivity contribution is 9.10. The predicted molar refractivity (Wildman–Crippen MR) is 74.0 cm³/mol. The van der Waals surface area contributed by atoms with Crippen molar-refractivity contribution < 1.29 is 9.18 Å². The number of amidine groups is 1. The van der Waals surface area contributed by atoms with E-state index in [4.69, 9.17) is 12.2 Å². The number of carbonyl (C=O) groups is 1. The lowest BCUT2D eigenvalue weighted by Gasteiger charge is -2.27. The van der Waals surface area contributed by atoms with Crippen molar-refractivity contribution in [2.75, 3.05) is 0 Å². The molecule has 0 aliphatic carbocycles. The summed E-state index contributed by atoms with van der Waals surface area (Å²) in [6, 6.07) is 2.94. The quantitative estimate of drug-likeness (QED) is 0.850. The van der Waals surface area contributed by atoms with Crippen LogP contribution in [0.25, 0.3) is 0 Å². The fourth-order valence-electron chi connectivity index (χ4n) is 1.97. The summed E-state index contributed by atoms with van der Waals surface area (Å²) in [4.78, 5) is 16.8. The van der Waals surface area contributed by atoms with E-state index in [0.29, 0.717) is 10.0 Å². The minimum atomic E-state index is -0.624. The Labute approximate surface area is 118 Å². The van der Waals surface area contributed by atoms with Gasteiger partial charge in [-0.1, -0.05) is 12.0 Å². The van der Waals surface area contributed by atoms with Gasteiger partial charge in [0.1, 0.15) is 17.7 Å². The number of halogens is 2. The number of carbonyl (C=O) groups excluding carboxylic acids is 1. The van der Waals surface area contributed by atoms with E-state index >= 15 is 0 Å². The van der Waals surface area contributed by atoms with Crippen LogP contribution in [-0.4, -0.2) is 22.8 Å². The molecule has 98 valence electrons. The molecular formula is C13H11BrFN3O. The van der Waals surface area contributed by atoms with Crippen molar-refractivity contribution in [2.24, 2.45) is 10.7 Å². The van der Waals surface area contributed by atoms with E-state index in [1.54, 1.807) is 19.1 Å². The molecule has 2 unspecified atom stereocenters. The highest BCUT2D eigenvalue weighted by Crippen LogP contribution is 2.30. The molecule has 1 aromatic rings. The second-order valence-corrected chi connectivity index (χ2v) is 5.00. The summed E-state index contributed by atoms with van der Waals surface area (Å²) in [6.07, 6.45) is 5.34. The average Bonchev–Trinajstić information content (AvgIpc) is 2.67. The number of hydrogen-bond acceptors (Lipinski definition) is 2. The topological polar surface area (TPSA) is 58.7 Å². The first-order chi connectivity index (χ1) is 8.95. The van der Waals surface area contributed by atoms with Crippen molar-refractivity contribution in [3.05, 3.63) is 34.1 Å². The van der Waals surface area contributed by atoms with Gasteiger partial charge in [-0.15, -0.1) is 6.42 Å². The Kier molecular flexibility index (Phi) is 3.58. The molecule has 0 spiro atoms.